The number of methoxy groups -OCH3 is 1. The number of benzene rings is 1. The standard InChI is InChI=1S/C13H12Cl2N2O3S/c1-20-5-12-17-8(6-21-12)4-11(18)16-7-2-9(14)13(19)10(15)3-7/h2-3,6,19H,4-5H2,1H3,(H,16,18). The van der Waals surface area contributed by atoms with Crippen LogP contribution in [0, 0.1) is 0 Å². The number of aromatic nitrogens is 1. The molecule has 2 rings (SSSR count). The predicted octanol–water partition coefficient (Wildman–Crippen LogP) is 3.48. The highest BCUT2D eigenvalue weighted by atomic mass is 35.5. The number of carbonyl (C=O) groups is 1. The van der Waals surface area contributed by atoms with Crippen LogP contribution in [0.5, 0.6) is 5.75 Å². The van der Waals surface area contributed by atoms with Crippen LogP contribution in [0.3, 0.4) is 0 Å². The fraction of sp³-hybridized carbons (Fsp3) is 0.231. The van der Waals surface area contributed by atoms with Gasteiger partial charge in [-0.2, -0.15) is 0 Å². The molecule has 0 unspecified atom stereocenters. The van der Waals surface area contributed by atoms with Gasteiger partial charge in [0.2, 0.25) is 5.91 Å². The molecule has 0 saturated heterocycles. The van der Waals surface area contributed by atoms with E-state index in [9.17, 15) is 9.90 Å². The van der Waals surface area contributed by atoms with Crippen LogP contribution in [0.1, 0.15) is 10.7 Å². The molecule has 0 aliphatic rings. The van der Waals surface area contributed by atoms with E-state index in [4.69, 9.17) is 27.9 Å². The Morgan fingerprint density at radius 1 is 1.43 bits per heavy atom. The Morgan fingerprint density at radius 3 is 2.71 bits per heavy atom. The highest BCUT2D eigenvalue weighted by Crippen LogP contribution is 2.34. The van der Waals surface area contributed by atoms with Gasteiger partial charge in [-0.1, -0.05) is 23.2 Å². The number of carbonyl (C=O) groups excluding carboxylic acids is 1. The summed E-state index contributed by atoms with van der Waals surface area (Å²) in [6, 6.07) is 2.86. The van der Waals surface area contributed by atoms with Gasteiger partial charge < -0.3 is 15.2 Å². The second-order valence-corrected chi connectivity index (χ2v) is 5.94. The Hall–Kier alpha value is -1.34. The molecule has 1 amide bonds. The highest BCUT2D eigenvalue weighted by molar-refractivity contribution is 7.09. The van der Waals surface area contributed by atoms with Gasteiger partial charge in [0.15, 0.2) is 5.75 Å². The Balaban J connectivity index is 2.01. The normalized spacial score (nSPS) is 10.6. The van der Waals surface area contributed by atoms with E-state index in [0.29, 0.717) is 18.0 Å². The summed E-state index contributed by atoms with van der Waals surface area (Å²) < 4.78 is 4.97. The molecule has 2 aromatic rings. The van der Waals surface area contributed by atoms with Gasteiger partial charge in [-0.3, -0.25) is 4.79 Å². The fourth-order valence-electron chi connectivity index (χ4n) is 1.63. The molecule has 1 heterocycles. The third kappa shape index (κ3) is 4.31. The number of rotatable bonds is 5. The quantitative estimate of drug-likeness (QED) is 0.813. The van der Waals surface area contributed by atoms with Gasteiger partial charge in [-0.15, -0.1) is 11.3 Å². The van der Waals surface area contributed by atoms with Crippen LogP contribution < -0.4 is 5.32 Å². The number of ether oxygens (including phenoxy) is 1. The topological polar surface area (TPSA) is 71.5 Å². The lowest BCUT2D eigenvalue weighted by Crippen LogP contribution is -2.14. The first kappa shape index (κ1) is 16.0. The zero-order valence-corrected chi connectivity index (χ0v) is 13.3. The molecule has 8 heteroatoms. The first-order valence-corrected chi connectivity index (χ1v) is 7.53. The van der Waals surface area contributed by atoms with E-state index < -0.39 is 0 Å². The summed E-state index contributed by atoms with van der Waals surface area (Å²) in [6.45, 7) is 0.426. The zero-order valence-electron chi connectivity index (χ0n) is 11.0. The molecule has 1 aromatic heterocycles. The number of halogens is 2. The van der Waals surface area contributed by atoms with Crippen molar-refractivity contribution < 1.29 is 14.6 Å². The van der Waals surface area contributed by atoms with E-state index in [1.54, 1.807) is 7.11 Å². The van der Waals surface area contributed by atoms with Crippen LogP contribution in [0.25, 0.3) is 0 Å². The number of anilines is 1. The van der Waals surface area contributed by atoms with Gasteiger partial charge in [0, 0.05) is 18.2 Å². The molecular formula is C13H12Cl2N2O3S. The molecule has 0 fully saturated rings. The van der Waals surface area contributed by atoms with Crippen molar-refractivity contribution in [1.82, 2.24) is 4.98 Å². The van der Waals surface area contributed by atoms with E-state index in [0.717, 1.165) is 5.01 Å². The summed E-state index contributed by atoms with van der Waals surface area (Å²) in [4.78, 5) is 16.2. The summed E-state index contributed by atoms with van der Waals surface area (Å²) in [5, 5.41) is 14.9. The van der Waals surface area contributed by atoms with E-state index in [-0.39, 0.29) is 28.1 Å². The maximum atomic E-state index is 11.9. The van der Waals surface area contributed by atoms with Gasteiger partial charge in [0.1, 0.15) is 5.01 Å². The van der Waals surface area contributed by atoms with Gasteiger partial charge in [0.05, 0.1) is 28.8 Å². The number of hydrogen-bond donors (Lipinski definition) is 2. The second kappa shape index (κ2) is 7.09. The average Bonchev–Trinajstić information content (AvgIpc) is 2.83. The SMILES string of the molecule is COCc1nc(CC(=O)Nc2cc(Cl)c(O)c(Cl)c2)cs1. The van der Waals surface area contributed by atoms with E-state index >= 15 is 0 Å². The summed E-state index contributed by atoms with van der Waals surface area (Å²) in [6.07, 6.45) is 0.135. The molecule has 0 radical (unpaired) electrons. The third-order valence-corrected chi connectivity index (χ3v) is 3.96. The number of thiazole rings is 1. The van der Waals surface area contributed by atoms with Crippen molar-refractivity contribution in [3.8, 4) is 5.75 Å². The lowest BCUT2D eigenvalue weighted by molar-refractivity contribution is -0.115. The van der Waals surface area contributed by atoms with E-state index in [2.05, 4.69) is 10.3 Å². The van der Waals surface area contributed by atoms with Crippen molar-refractivity contribution in [2.45, 2.75) is 13.0 Å². The Labute approximate surface area is 135 Å². The number of nitrogens with one attached hydrogen (secondary N) is 1. The highest BCUT2D eigenvalue weighted by Gasteiger charge is 2.11. The van der Waals surface area contributed by atoms with Crippen molar-refractivity contribution in [2.24, 2.45) is 0 Å². The molecule has 0 aliphatic carbocycles. The summed E-state index contributed by atoms with van der Waals surface area (Å²) >= 11 is 13.0. The largest absolute Gasteiger partial charge is 0.505 e. The van der Waals surface area contributed by atoms with Crippen molar-refractivity contribution in [2.75, 3.05) is 12.4 Å². The van der Waals surface area contributed by atoms with Crippen LogP contribution in [0.2, 0.25) is 10.0 Å². The molecule has 0 bridgehead atoms. The number of phenolic OH excluding ortho intramolecular Hbond substituents is 1. The molecule has 0 spiro atoms. The molecule has 2 N–H and O–H groups in total. The van der Waals surface area contributed by atoms with Gasteiger partial charge in [-0.05, 0) is 12.1 Å². The fourth-order valence-corrected chi connectivity index (χ4v) is 2.88. The lowest BCUT2D eigenvalue weighted by atomic mass is 10.2. The van der Waals surface area contributed by atoms with Gasteiger partial charge in [0.25, 0.3) is 0 Å². The molecule has 0 atom stereocenters. The second-order valence-electron chi connectivity index (χ2n) is 4.18. The Kier molecular flexibility index (Phi) is 5.41. The van der Waals surface area contributed by atoms with Crippen LogP contribution in [-0.4, -0.2) is 23.1 Å². The number of phenols is 1. The third-order valence-electron chi connectivity index (χ3n) is 2.51. The molecule has 5 nitrogen and oxygen atoms in total. The molecule has 21 heavy (non-hydrogen) atoms. The maximum absolute atomic E-state index is 11.9. The predicted molar refractivity (Wildman–Crippen MR) is 83.3 cm³/mol. The molecule has 0 saturated carbocycles. The minimum atomic E-state index is -0.248. The summed E-state index contributed by atoms with van der Waals surface area (Å²) in [5.41, 5.74) is 1.08. The summed E-state index contributed by atoms with van der Waals surface area (Å²) in [5.74, 6) is -0.456. The lowest BCUT2D eigenvalue weighted by Gasteiger charge is -2.07. The van der Waals surface area contributed by atoms with Crippen LogP contribution in [-0.2, 0) is 22.6 Å². The van der Waals surface area contributed by atoms with Crippen LogP contribution in [0.15, 0.2) is 17.5 Å². The maximum Gasteiger partial charge on any atom is 0.230 e. The van der Waals surface area contributed by atoms with Crippen molar-refractivity contribution >= 4 is 46.1 Å². The van der Waals surface area contributed by atoms with Crippen molar-refractivity contribution in [3.05, 3.63) is 38.3 Å². The molecule has 1 aromatic carbocycles. The van der Waals surface area contributed by atoms with E-state index in [1.165, 1.54) is 23.5 Å². The first-order valence-electron chi connectivity index (χ1n) is 5.89. The number of aromatic hydroxyl groups is 1. The molecule has 112 valence electrons. The average molecular weight is 347 g/mol. The molecular weight excluding hydrogens is 335 g/mol. The number of nitrogens with zero attached hydrogens (tertiary/aromatic N) is 1. The molecule has 0 aliphatic heterocycles. The number of hydrogen-bond acceptors (Lipinski definition) is 5. The number of amides is 1. The Bertz CT molecular complexity index is 638. The first-order chi connectivity index (χ1) is 9.99. The van der Waals surface area contributed by atoms with Crippen molar-refractivity contribution in [1.29, 1.82) is 0 Å². The van der Waals surface area contributed by atoms with E-state index in [1.807, 2.05) is 5.38 Å². The van der Waals surface area contributed by atoms with Gasteiger partial charge >= 0.3 is 0 Å². The monoisotopic (exact) mass is 346 g/mol. The zero-order chi connectivity index (χ0) is 15.4. The minimum absolute atomic E-state index is 0.0776. The Morgan fingerprint density at radius 2 is 2.10 bits per heavy atom. The van der Waals surface area contributed by atoms with Gasteiger partial charge in [-0.25, -0.2) is 4.98 Å². The minimum Gasteiger partial charge on any atom is -0.505 e. The summed E-state index contributed by atoms with van der Waals surface area (Å²) in [7, 11) is 1.59. The van der Waals surface area contributed by atoms with Crippen LogP contribution >= 0.6 is 34.5 Å². The smallest absolute Gasteiger partial charge is 0.230 e. The van der Waals surface area contributed by atoms with Crippen LogP contribution in [0.4, 0.5) is 5.69 Å². The van der Waals surface area contributed by atoms with Crippen molar-refractivity contribution in [3.63, 3.8) is 0 Å².